The molecule has 2 aliphatic carbocycles. The Bertz CT molecular complexity index is 722. The van der Waals surface area contributed by atoms with E-state index in [-0.39, 0.29) is 5.41 Å². The van der Waals surface area contributed by atoms with Crippen LogP contribution < -0.4 is 0 Å². The van der Waals surface area contributed by atoms with Crippen LogP contribution in [-0.4, -0.2) is 33.1 Å². The van der Waals surface area contributed by atoms with E-state index in [9.17, 15) is 0 Å². The number of thiazole rings is 1. The van der Waals surface area contributed by atoms with Crippen molar-refractivity contribution >= 4 is 11.3 Å². The predicted octanol–water partition coefficient (Wildman–Crippen LogP) is 3.27. The number of rotatable bonds is 4. The lowest BCUT2D eigenvalue weighted by Crippen LogP contribution is -2.32. The maximum Gasteiger partial charge on any atom is 0.234 e. The Balaban J connectivity index is 1.35. The lowest BCUT2D eigenvalue weighted by atomic mass is 9.80. The second-order valence-electron chi connectivity index (χ2n) is 7.51. The van der Waals surface area contributed by atoms with Crippen LogP contribution >= 0.6 is 11.3 Å². The lowest BCUT2D eigenvalue weighted by molar-refractivity contribution is 0.244. The van der Waals surface area contributed by atoms with Crippen LogP contribution in [0.5, 0.6) is 0 Å². The number of aromatic nitrogens is 3. The van der Waals surface area contributed by atoms with Crippen LogP contribution in [0.15, 0.2) is 9.90 Å². The van der Waals surface area contributed by atoms with E-state index in [1.165, 1.54) is 42.8 Å². The van der Waals surface area contributed by atoms with Gasteiger partial charge in [-0.15, -0.1) is 11.3 Å². The van der Waals surface area contributed by atoms with Crippen molar-refractivity contribution < 1.29 is 4.52 Å². The van der Waals surface area contributed by atoms with E-state index < -0.39 is 0 Å². The van der Waals surface area contributed by atoms with E-state index in [1.54, 1.807) is 0 Å². The molecule has 1 aliphatic heterocycles. The zero-order chi connectivity index (χ0) is 15.4. The molecule has 122 valence electrons. The topological polar surface area (TPSA) is 55.1 Å². The summed E-state index contributed by atoms with van der Waals surface area (Å²) in [5.41, 5.74) is 1.34. The SMILES string of the molecule is Cc1noc([C@]23CCC[C@H]2CN(Cc2csc(C4CC4)n2)C3)n1. The van der Waals surface area contributed by atoms with Gasteiger partial charge in [0.15, 0.2) is 5.82 Å². The summed E-state index contributed by atoms with van der Waals surface area (Å²) in [6, 6.07) is 0. The van der Waals surface area contributed by atoms with Crippen LogP contribution in [-0.2, 0) is 12.0 Å². The highest BCUT2D eigenvalue weighted by Crippen LogP contribution is 2.50. The van der Waals surface area contributed by atoms with Crippen LogP contribution in [0, 0.1) is 12.8 Å². The summed E-state index contributed by atoms with van der Waals surface area (Å²) in [4.78, 5) is 12.0. The van der Waals surface area contributed by atoms with Gasteiger partial charge in [0.2, 0.25) is 5.89 Å². The number of hydrogen-bond donors (Lipinski definition) is 0. The fourth-order valence-corrected chi connectivity index (χ4v) is 5.49. The number of likely N-dealkylation sites (tertiary alicyclic amines) is 1. The van der Waals surface area contributed by atoms with Crippen molar-refractivity contribution in [3.05, 3.63) is 27.8 Å². The molecule has 5 nitrogen and oxygen atoms in total. The van der Waals surface area contributed by atoms with Crippen molar-refractivity contribution in [2.45, 2.75) is 56.9 Å². The average Bonchev–Trinajstić information content (AvgIpc) is 2.90. The Morgan fingerprint density at radius 3 is 3.04 bits per heavy atom. The largest absolute Gasteiger partial charge is 0.339 e. The highest BCUT2D eigenvalue weighted by molar-refractivity contribution is 7.09. The van der Waals surface area contributed by atoms with Crippen LogP contribution in [0.4, 0.5) is 0 Å². The van der Waals surface area contributed by atoms with Gasteiger partial charge in [-0.2, -0.15) is 4.98 Å². The van der Waals surface area contributed by atoms with Crippen molar-refractivity contribution in [1.82, 2.24) is 20.0 Å². The summed E-state index contributed by atoms with van der Waals surface area (Å²) in [5, 5.41) is 7.64. The molecule has 0 aromatic carbocycles. The Labute approximate surface area is 140 Å². The van der Waals surface area contributed by atoms with E-state index in [1.807, 2.05) is 18.3 Å². The molecule has 5 rings (SSSR count). The summed E-state index contributed by atoms with van der Waals surface area (Å²) in [6.07, 6.45) is 6.40. The highest BCUT2D eigenvalue weighted by atomic mass is 32.1. The van der Waals surface area contributed by atoms with E-state index in [0.29, 0.717) is 5.92 Å². The van der Waals surface area contributed by atoms with Crippen molar-refractivity contribution in [2.75, 3.05) is 13.1 Å². The molecular formula is C17H22N4OS. The van der Waals surface area contributed by atoms with Crippen LogP contribution in [0.2, 0.25) is 0 Å². The first-order chi connectivity index (χ1) is 11.2. The smallest absolute Gasteiger partial charge is 0.234 e. The molecule has 0 spiro atoms. The van der Waals surface area contributed by atoms with Gasteiger partial charge in [0.1, 0.15) is 0 Å². The van der Waals surface area contributed by atoms with Crippen LogP contribution in [0.3, 0.4) is 0 Å². The van der Waals surface area contributed by atoms with Gasteiger partial charge in [0.25, 0.3) is 0 Å². The van der Waals surface area contributed by atoms with Crippen molar-refractivity contribution in [2.24, 2.45) is 5.92 Å². The fraction of sp³-hybridized carbons (Fsp3) is 0.706. The molecule has 0 bridgehead atoms. The minimum atomic E-state index is 0.0939. The second kappa shape index (κ2) is 5.11. The summed E-state index contributed by atoms with van der Waals surface area (Å²) < 4.78 is 5.59. The van der Waals surface area contributed by atoms with Gasteiger partial charge in [0, 0.05) is 30.9 Å². The van der Waals surface area contributed by atoms with Crippen LogP contribution in [0.1, 0.15) is 60.4 Å². The summed E-state index contributed by atoms with van der Waals surface area (Å²) >= 11 is 1.85. The zero-order valence-electron chi connectivity index (χ0n) is 13.5. The molecule has 1 saturated heterocycles. The molecule has 3 aliphatic rings. The predicted molar refractivity (Wildman–Crippen MR) is 87.4 cm³/mol. The van der Waals surface area contributed by atoms with Gasteiger partial charge in [-0.3, -0.25) is 4.90 Å². The second-order valence-corrected chi connectivity index (χ2v) is 8.40. The molecule has 0 radical (unpaired) electrons. The first-order valence-corrected chi connectivity index (χ1v) is 9.58. The van der Waals surface area contributed by atoms with Gasteiger partial charge in [0.05, 0.1) is 16.1 Å². The minimum Gasteiger partial charge on any atom is -0.339 e. The maximum absolute atomic E-state index is 5.59. The maximum atomic E-state index is 5.59. The molecule has 0 N–H and O–H groups in total. The van der Waals surface area contributed by atoms with Gasteiger partial charge >= 0.3 is 0 Å². The number of fused-ring (bicyclic) bond motifs is 1. The van der Waals surface area contributed by atoms with Gasteiger partial charge in [-0.05, 0) is 38.5 Å². The van der Waals surface area contributed by atoms with Gasteiger partial charge in [-0.25, -0.2) is 4.98 Å². The lowest BCUT2D eigenvalue weighted by Gasteiger charge is -2.24. The molecular weight excluding hydrogens is 308 g/mol. The van der Waals surface area contributed by atoms with Crippen molar-refractivity contribution in [3.63, 3.8) is 0 Å². The van der Waals surface area contributed by atoms with E-state index in [2.05, 4.69) is 20.4 Å². The third-order valence-corrected chi connectivity index (χ3v) is 6.83. The van der Waals surface area contributed by atoms with E-state index >= 15 is 0 Å². The number of hydrogen-bond acceptors (Lipinski definition) is 6. The fourth-order valence-electron chi connectivity index (χ4n) is 4.50. The summed E-state index contributed by atoms with van der Waals surface area (Å²) in [6.45, 7) is 5.05. The van der Waals surface area contributed by atoms with Gasteiger partial charge in [-0.1, -0.05) is 11.6 Å². The van der Waals surface area contributed by atoms with Gasteiger partial charge < -0.3 is 4.52 Å². The third-order valence-electron chi connectivity index (χ3n) is 5.78. The molecule has 0 amide bonds. The number of nitrogens with zero attached hydrogens (tertiary/aromatic N) is 4. The van der Waals surface area contributed by atoms with Crippen LogP contribution in [0.25, 0.3) is 0 Å². The normalized spacial score (nSPS) is 30.9. The quantitative estimate of drug-likeness (QED) is 0.861. The first kappa shape index (κ1) is 14.1. The monoisotopic (exact) mass is 330 g/mol. The van der Waals surface area contributed by atoms with Crippen molar-refractivity contribution in [1.29, 1.82) is 0 Å². The minimum absolute atomic E-state index is 0.0939. The average molecular weight is 330 g/mol. The molecule has 6 heteroatoms. The summed E-state index contributed by atoms with van der Waals surface area (Å²) in [7, 11) is 0. The standard InChI is InChI=1S/C17H22N4OS/c1-11-18-16(22-20-11)17-6-2-3-13(17)7-21(10-17)8-14-9-23-15(19-14)12-4-5-12/h9,12-13H,2-8,10H2,1H3/t13-,17-/m0/s1. The molecule has 3 heterocycles. The van der Waals surface area contributed by atoms with E-state index in [4.69, 9.17) is 9.51 Å². The Morgan fingerprint density at radius 1 is 1.35 bits per heavy atom. The Kier molecular flexibility index (Phi) is 3.14. The first-order valence-electron chi connectivity index (χ1n) is 8.70. The molecule has 3 fully saturated rings. The molecule has 0 unspecified atom stereocenters. The molecule has 2 aromatic heterocycles. The Morgan fingerprint density at radius 2 is 2.26 bits per heavy atom. The number of aryl methyl sites for hydroxylation is 1. The molecule has 23 heavy (non-hydrogen) atoms. The molecule has 2 aromatic rings. The summed E-state index contributed by atoms with van der Waals surface area (Å²) in [5.74, 6) is 3.05. The van der Waals surface area contributed by atoms with Crippen molar-refractivity contribution in [3.8, 4) is 0 Å². The highest BCUT2D eigenvalue weighted by Gasteiger charge is 2.54. The third kappa shape index (κ3) is 2.34. The molecule has 2 saturated carbocycles. The molecule has 2 atom stereocenters. The van der Waals surface area contributed by atoms with E-state index in [0.717, 1.165) is 37.3 Å². The zero-order valence-corrected chi connectivity index (χ0v) is 14.3. The Hall–Kier alpha value is -1.27.